The highest BCUT2D eigenvalue weighted by Crippen LogP contribution is 2.24. The van der Waals surface area contributed by atoms with E-state index in [0.717, 1.165) is 10.6 Å². The number of sulfonamides is 1. The number of methoxy groups -OCH3 is 1. The lowest BCUT2D eigenvalue weighted by Gasteiger charge is -2.28. The molecule has 1 atom stereocenters. The number of rotatable bonds is 6. The smallest absolute Gasteiger partial charge is 0.247 e. The Balaban J connectivity index is 2.27. The molecule has 1 amide bonds. The highest BCUT2D eigenvalue weighted by Gasteiger charge is 2.29. The first-order chi connectivity index (χ1) is 11.7. The van der Waals surface area contributed by atoms with E-state index in [4.69, 9.17) is 16.3 Å². The van der Waals surface area contributed by atoms with Gasteiger partial charge >= 0.3 is 0 Å². The number of benzene rings is 2. The molecule has 2 rings (SSSR count). The number of hydrogen-bond acceptors (Lipinski definition) is 4. The summed E-state index contributed by atoms with van der Waals surface area (Å²) >= 11 is 5.82. The lowest BCUT2D eigenvalue weighted by molar-refractivity contribution is -0.116. The van der Waals surface area contributed by atoms with Crippen molar-refractivity contribution < 1.29 is 17.9 Å². The van der Waals surface area contributed by atoms with E-state index in [1.807, 2.05) is 0 Å². The molecule has 1 N–H and O–H groups in total. The average molecular weight is 383 g/mol. The number of carbonyl (C=O) groups excluding carboxylic acids is 1. The molecule has 8 heteroatoms. The number of hydrogen-bond donors (Lipinski definition) is 1. The molecule has 134 valence electrons. The van der Waals surface area contributed by atoms with Crippen molar-refractivity contribution in [3.63, 3.8) is 0 Å². The zero-order valence-corrected chi connectivity index (χ0v) is 15.6. The molecule has 0 heterocycles. The second-order valence-electron chi connectivity index (χ2n) is 5.43. The Morgan fingerprint density at radius 3 is 2.16 bits per heavy atom. The largest absolute Gasteiger partial charge is 0.497 e. The number of nitrogens with one attached hydrogen (secondary N) is 1. The summed E-state index contributed by atoms with van der Waals surface area (Å²) in [6.07, 6.45) is 1.06. The summed E-state index contributed by atoms with van der Waals surface area (Å²) in [5, 5.41) is 3.23. The van der Waals surface area contributed by atoms with Gasteiger partial charge in [-0.2, -0.15) is 0 Å². The third-order valence-corrected chi connectivity index (χ3v) is 5.02. The molecule has 2 aromatic rings. The molecule has 2 aromatic carbocycles. The molecule has 0 saturated carbocycles. The fraction of sp³-hybridized carbons (Fsp3) is 0.235. The van der Waals surface area contributed by atoms with Gasteiger partial charge in [-0.05, 0) is 55.5 Å². The van der Waals surface area contributed by atoms with Gasteiger partial charge in [0.2, 0.25) is 15.9 Å². The summed E-state index contributed by atoms with van der Waals surface area (Å²) in [5.74, 6) is 0.138. The molecule has 0 bridgehead atoms. The minimum absolute atomic E-state index is 0.377. The van der Waals surface area contributed by atoms with E-state index >= 15 is 0 Å². The fourth-order valence-corrected chi connectivity index (χ4v) is 3.62. The van der Waals surface area contributed by atoms with Crippen molar-refractivity contribution >= 4 is 38.9 Å². The van der Waals surface area contributed by atoms with Gasteiger partial charge in [0.05, 0.1) is 19.1 Å². The number of anilines is 2. The number of halogens is 1. The quantitative estimate of drug-likeness (QED) is 0.832. The van der Waals surface area contributed by atoms with Gasteiger partial charge in [0.1, 0.15) is 11.8 Å². The zero-order valence-electron chi connectivity index (χ0n) is 14.1. The lowest BCUT2D eigenvalue weighted by Crippen LogP contribution is -2.45. The summed E-state index contributed by atoms with van der Waals surface area (Å²) < 4.78 is 30.6. The van der Waals surface area contributed by atoms with Crippen LogP contribution >= 0.6 is 11.6 Å². The Morgan fingerprint density at radius 1 is 1.12 bits per heavy atom. The molecule has 0 aromatic heterocycles. The van der Waals surface area contributed by atoms with Crippen LogP contribution in [0.2, 0.25) is 5.02 Å². The normalized spacial score (nSPS) is 12.3. The molecule has 0 fully saturated rings. The van der Waals surface area contributed by atoms with E-state index in [-0.39, 0.29) is 0 Å². The van der Waals surface area contributed by atoms with Crippen molar-refractivity contribution in [2.45, 2.75) is 13.0 Å². The third-order valence-electron chi connectivity index (χ3n) is 3.53. The van der Waals surface area contributed by atoms with E-state index in [2.05, 4.69) is 5.32 Å². The highest BCUT2D eigenvalue weighted by molar-refractivity contribution is 7.92. The maximum atomic E-state index is 12.5. The minimum Gasteiger partial charge on any atom is -0.497 e. The van der Waals surface area contributed by atoms with Crippen LogP contribution in [0.5, 0.6) is 5.75 Å². The van der Waals surface area contributed by atoms with Crippen LogP contribution in [0.15, 0.2) is 48.5 Å². The van der Waals surface area contributed by atoms with Crippen LogP contribution in [0.3, 0.4) is 0 Å². The Hall–Kier alpha value is -2.25. The van der Waals surface area contributed by atoms with Crippen LogP contribution in [0.4, 0.5) is 11.4 Å². The Labute approximate surface area is 152 Å². The molecule has 0 aliphatic rings. The molecule has 0 spiro atoms. The van der Waals surface area contributed by atoms with Crippen molar-refractivity contribution in [1.82, 2.24) is 0 Å². The predicted octanol–water partition coefficient (Wildman–Crippen LogP) is 3.14. The van der Waals surface area contributed by atoms with Crippen molar-refractivity contribution in [3.8, 4) is 5.75 Å². The maximum Gasteiger partial charge on any atom is 0.247 e. The molecular formula is C17H19ClN2O4S. The Morgan fingerprint density at radius 2 is 1.68 bits per heavy atom. The monoisotopic (exact) mass is 382 g/mol. The number of ether oxygens (including phenoxy) is 1. The van der Waals surface area contributed by atoms with Gasteiger partial charge in [-0.15, -0.1) is 0 Å². The van der Waals surface area contributed by atoms with Crippen LogP contribution in [0.1, 0.15) is 6.92 Å². The van der Waals surface area contributed by atoms with Gasteiger partial charge in [0, 0.05) is 10.7 Å². The van der Waals surface area contributed by atoms with Crippen LogP contribution < -0.4 is 14.4 Å². The van der Waals surface area contributed by atoms with Crippen LogP contribution in [0.25, 0.3) is 0 Å². The summed E-state index contributed by atoms with van der Waals surface area (Å²) in [4.78, 5) is 12.5. The molecule has 0 aliphatic carbocycles. The van der Waals surface area contributed by atoms with E-state index in [1.165, 1.54) is 14.0 Å². The number of amides is 1. The van der Waals surface area contributed by atoms with Gasteiger partial charge in [0.25, 0.3) is 0 Å². The van der Waals surface area contributed by atoms with E-state index in [0.29, 0.717) is 22.1 Å². The van der Waals surface area contributed by atoms with Gasteiger partial charge in [-0.3, -0.25) is 9.10 Å². The van der Waals surface area contributed by atoms with Crippen molar-refractivity contribution in [1.29, 1.82) is 0 Å². The zero-order chi connectivity index (χ0) is 18.6. The van der Waals surface area contributed by atoms with Gasteiger partial charge in [-0.25, -0.2) is 8.42 Å². The number of carbonyl (C=O) groups is 1. The van der Waals surface area contributed by atoms with Gasteiger partial charge in [0.15, 0.2) is 0 Å². The SMILES string of the molecule is COc1ccc(N([C@@H](C)C(=O)Nc2ccc(Cl)cc2)S(C)(=O)=O)cc1. The van der Waals surface area contributed by atoms with Crippen molar-refractivity contribution in [3.05, 3.63) is 53.6 Å². The first-order valence-corrected chi connectivity index (χ1v) is 9.65. The summed E-state index contributed by atoms with van der Waals surface area (Å²) in [6.45, 7) is 1.52. The van der Waals surface area contributed by atoms with E-state index < -0.39 is 22.0 Å². The van der Waals surface area contributed by atoms with E-state index in [1.54, 1.807) is 48.5 Å². The first-order valence-electron chi connectivity index (χ1n) is 7.42. The lowest BCUT2D eigenvalue weighted by atomic mass is 10.2. The van der Waals surface area contributed by atoms with Crippen molar-refractivity contribution in [2.75, 3.05) is 23.0 Å². The highest BCUT2D eigenvalue weighted by atomic mass is 35.5. The standard InChI is InChI=1S/C17H19ClN2O4S/c1-12(17(21)19-14-6-4-13(18)5-7-14)20(25(3,22)23)15-8-10-16(24-2)11-9-15/h4-12H,1-3H3,(H,19,21)/t12-/m0/s1. The minimum atomic E-state index is -3.67. The van der Waals surface area contributed by atoms with Gasteiger partial charge in [-0.1, -0.05) is 11.6 Å². The Kier molecular flexibility index (Phi) is 5.92. The maximum absolute atomic E-state index is 12.5. The molecule has 0 saturated heterocycles. The van der Waals surface area contributed by atoms with Crippen LogP contribution in [-0.2, 0) is 14.8 Å². The molecular weight excluding hydrogens is 364 g/mol. The molecule has 0 aliphatic heterocycles. The third kappa shape index (κ3) is 4.87. The summed E-state index contributed by atoms with van der Waals surface area (Å²) in [5.41, 5.74) is 0.909. The van der Waals surface area contributed by atoms with Gasteiger partial charge < -0.3 is 10.1 Å². The second-order valence-corrected chi connectivity index (χ2v) is 7.72. The fourth-order valence-electron chi connectivity index (χ4n) is 2.32. The summed E-state index contributed by atoms with van der Waals surface area (Å²) in [6, 6.07) is 12.1. The predicted molar refractivity (Wildman–Crippen MR) is 99.9 cm³/mol. The van der Waals surface area contributed by atoms with Crippen molar-refractivity contribution in [2.24, 2.45) is 0 Å². The Bertz CT molecular complexity index is 836. The van der Waals surface area contributed by atoms with Crippen LogP contribution in [-0.4, -0.2) is 33.7 Å². The molecule has 6 nitrogen and oxygen atoms in total. The topological polar surface area (TPSA) is 75.7 Å². The first kappa shape index (κ1) is 19.1. The number of nitrogens with zero attached hydrogens (tertiary/aromatic N) is 1. The average Bonchev–Trinajstić information content (AvgIpc) is 2.56. The molecule has 25 heavy (non-hydrogen) atoms. The van der Waals surface area contributed by atoms with E-state index in [9.17, 15) is 13.2 Å². The summed E-state index contributed by atoms with van der Waals surface area (Å²) in [7, 11) is -2.15. The second kappa shape index (κ2) is 7.76. The van der Waals surface area contributed by atoms with Crippen LogP contribution in [0, 0.1) is 0 Å². The molecule has 0 radical (unpaired) electrons. The molecule has 0 unspecified atom stereocenters.